The van der Waals surface area contributed by atoms with Crippen LogP contribution in [0.1, 0.15) is 38.4 Å². The molecule has 2 aromatic heterocycles. The van der Waals surface area contributed by atoms with Crippen LogP contribution in [0.25, 0.3) is 0 Å². The fourth-order valence-electron chi connectivity index (χ4n) is 4.38. The van der Waals surface area contributed by atoms with Crippen molar-refractivity contribution in [2.45, 2.75) is 12.6 Å². The Balaban J connectivity index is 1.60. The summed E-state index contributed by atoms with van der Waals surface area (Å²) < 4.78 is 32.6. The van der Waals surface area contributed by atoms with E-state index in [9.17, 15) is 19.6 Å². The number of aromatic nitrogens is 2. The van der Waals surface area contributed by atoms with Crippen LogP contribution < -0.4 is 0 Å². The highest BCUT2D eigenvalue weighted by Crippen LogP contribution is 2.21. The molecule has 0 aliphatic carbocycles. The van der Waals surface area contributed by atoms with E-state index < -0.39 is 23.9 Å². The summed E-state index contributed by atoms with van der Waals surface area (Å²) in [4.78, 5) is 53.1. The number of hydrogen-bond acceptors (Lipinski definition) is 15. The molecule has 0 aromatic carbocycles. The molecule has 1 atom stereocenters. The van der Waals surface area contributed by atoms with Gasteiger partial charge in [-0.3, -0.25) is 14.7 Å². The van der Waals surface area contributed by atoms with Crippen molar-refractivity contribution >= 4 is 17.9 Å². The molecule has 15 nitrogen and oxygen atoms in total. The first-order chi connectivity index (χ1) is 21.5. The van der Waals surface area contributed by atoms with Gasteiger partial charge in [0.05, 0.1) is 78.5 Å². The maximum atomic E-state index is 12.7. The number of pyridine rings is 2. The molecule has 0 spiro atoms. The van der Waals surface area contributed by atoms with Gasteiger partial charge < -0.3 is 28.4 Å². The predicted octanol–water partition coefficient (Wildman–Crippen LogP) is 0.991. The van der Waals surface area contributed by atoms with E-state index in [1.807, 2.05) is 6.07 Å². The lowest BCUT2D eigenvalue weighted by atomic mass is 10.1. The van der Waals surface area contributed by atoms with Gasteiger partial charge in [0.15, 0.2) is 6.04 Å². The second-order valence-corrected chi connectivity index (χ2v) is 9.52. The van der Waals surface area contributed by atoms with Crippen molar-refractivity contribution in [2.75, 3.05) is 93.3 Å². The van der Waals surface area contributed by atoms with Crippen molar-refractivity contribution in [2.24, 2.45) is 0 Å². The Kier molecular flexibility index (Phi) is 15.6. The number of hydrogen-bond donors (Lipinski definition) is 1. The van der Waals surface area contributed by atoms with Crippen LogP contribution in [0.3, 0.4) is 0 Å². The highest BCUT2D eigenvalue weighted by molar-refractivity contribution is 5.87. The monoisotopic (exact) mass is 620 g/mol. The zero-order chi connectivity index (χ0) is 31.6. The normalized spacial score (nSPS) is 17.9. The van der Waals surface area contributed by atoms with Gasteiger partial charge >= 0.3 is 17.9 Å². The van der Waals surface area contributed by atoms with E-state index in [2.05, 4.69) is 19.8 Å². The molecule has 0 radical (unpaired) electrons. The highest BCUT2D eigenvalue weighted by atomic mass is 17.1. The van der Waals surface area contributed by atoms with Crippen LogP contribution in [0.2, 0.25) is 0 Å². The Labute approximate surface area is 255 Å². The van der Waals surface area contributed by atoms with Crippen molar-refractivity contribution in [3.05, 3.63) is 59.2 Å². The molecule has 1 aliphatic heterocycles. The van der Waals surface area contributed by atoms with Crippen molar-refractivity contribution < 1.29 is 52.9 Å². The van der Waals surface area contributed by atoms with E-state index in [0.29, 0.717) is 59.3 Å². The summed E-state index contributed by atoms with van der Waals surface area (Å²) >= 11 is 0. The van der Waals surface area contributed by atoms with Crippen LogP contribution in [0.4, 0.5) is 0 Å². The third-order valence-corrected chi connectivity index (χ3v) is 6.60. The summed E-state index contributed by atoms with van der Waals surface area (Å²) in [6, 6.07) is 8.67. The highest BCUT2D eigenvalue weighted by Gasteiger charge is 2.31. The zero-order valence-corrected chi connectivity index (χ0v) is 25.1. The maximum absolute atomic E-state index is 12.7. The van der Waals surface area contributed by atoms with Crippen LogP contribution in [0.5, 0.6) is 0 Å². The van der Waals surface area contributed by atoms with E-state index in [4.69, 9.17) is 28.4 Å². The second kappa shape index (κ2) is 19.7. The lowest BCUT2D eigenvalue weighted by molar-refractivity contribution is -0.240. The molecule has 3 rings (SSSR count). The molecule has 1 fully saturated rings. The summed E-state index contributed by atoms with van der Waals surface area (Å²) in [6.45, 7) is 4.83. The first kappa shape index (κ1) is 34.9. The predicted molar refractivity (Wildman–Crippen MR) is 153 cm³/mol. The topological polar surface area (TPSA) is 168 Å². The van der Waals surface area contributed by atoms with Crippen LogP contribution >= 0.6 is 0 Å². The van der Waals surface area contributed by atoms with E-state index in [0.717, 1.165) is 5.69 Å². The lowest BCUT2D eigenvalue weighted by Gasteiger charge is -2.29. The average molecular weight is 621 g/mol. The van der Waals surface area contributed by atoms with Gasteiger partial charge in [0, 0.05) is 32.7 Å². The minimum atomic E-state index is -1.14. The molecule has 0 saturated carbocycles. The standard InChI is InChI=1S/C29H40N4O11/c1-38-27(34)24-7-3-5-22(30-24)21-32-9-13-40-17-19-42-15-11-33(12-16-43-20-18-41-14-10-32)26(29(36)44-37)23-6-4-8-25(31-23)28(35)39-2/h3-8,26,37H,9-21H2,1-2H3. The van der Waals surface area contributed by atoms with Crippen LogP contribution in [0, 0.1) is 0 Å². The molecule has 1 N–H and O–H groups in total. The van der Waals surface area contributed by atoms with Crippen LogP contribution in [-0.2, 0) is 44.6 Å². The quantitative estimate of drug-likeness (QED) is 0.201. The largest absolute Gasteiger partial charge is 0.464 e. The molecule has 1 saturated heterocycles. The maximum Gasteiger partial charge on any atom is 0.365 e. The SMILES string of the molecule is COC(=O)c1cccc(CN2CCOCCOCCN(C(C(=O)OO)c3cccc(C(=O)OC)n3)CCOCCOCC2)n1. The molecule has 2 aromatic rings. The van der Waals surface area contributed by atoms with Gasteiger partial charge in [0.2, 0.25) is 0 Å². The van der Waals surface area contributed by atoms with E-state index in [1.54, 1.807) is 29.2 Å². The Morgan fingerprint density at radius 1 is 0.750 bits per heavy atom. The fraction of sp³-hybridized carbons (Fsp3) is 0.552. The smallest absolute Gasteiger partial charge is 0.365 e. The van der Waals surface area contributed by atoms with Gasteiger partial charge in [-0.2, -0.15) is 5.26 Å². The summed E-state index contributed by atoms with van der Waals surface area (Å²) in [5.41, 5.74) is 1.17. The van der Waals surface area contributed by atoms with Gasteiger partial charge in [-0.1, -0.05) is 12.1 Å². The summed E-state index contributed by atoms with van der Waals surface area (Å²) in [5, 5.41) is 9.24. The van der Waals surface area contributed by atoms with Gasteiger partial charge in [-0.05, 0) is 24.3 Å². The molecular formula is C29H40N4O11. The molecule has 15 heteroatoms. The van der Waals surface area contributed by atoms with E-state index >= 15 is 0 Å². The molecule has 242 valence electrons. The molecule has 3 heterocycles. The van der Waals surface area contributed by atoms with Gasteiger partial charge in [-0.15, -0.1) is 0 Å². The lowest BCUT2D eigenvalue weighted by Crippen LogP contribution is -2.40. The fourth-order valence-corrected chi connectivity index (χ4v) is 4.38. The third kappa shape index (κ3) is 11.5. The van der Waals surface area contributed by atoms with Crippen molar-refractivity contribution in [3.8, 4) is 0 Å². The Morgan fingerprint density at radius 2 is 1.25 bits per heavy atom. The average Bonchev–Trinajstić information content (AvgIpc) is 3.05. The second-order valence-electron chi connectivity index (χ2n) is 9.52. The molecule has 0 bridgehead atoms. The third-order valence-electron chi connectivity index (χ3n) is 6.60. The van der Waals surface area contributed by atoms with E-state index in [1.165, 1.54) is 20.3 Å². The van der Waals surface area contributed by atoms with Gasteiger partial charge in [0.25, 0.3) is 0 Å². The number of ether oxygens (including phenoxy) is 6. The summed E-state index contributed by atoms with van der Waals surface area (Å²) in [7, 11) is 2.55. The number of esters is 2. The molecule has 1 unspecified atom stereocenters. The first-order valence-corrected chi connectivity index (χ1v) is 14.2. The molecular weight excluding hydrogens is 580 g/mol. The Morgan fingerprint density at radius 3 is 1.77 bits per heavy atom. The Hall–Kier alpha value is -3.57. The minimum Gasteiger partial charge on any atom is -0.464 e. The Bertz CT molecular complexity index is 1170. The number of carbonyl (C=O) groups is 3. The number of carbonyl (C=O) groups excluding carboxylic acids is 3. The first-order valence-electron chi connectivity index (χ1n) is 14.2. The zero-order valence-electron chi connectivity index (χ0n) is 25.1. The van der Waals surface area contributed by atoms with Crippen molar-refractivity contribution in [1.82, 2.24) is 19.8 Å². The van der Waals surface area contributed by atoms with Crippen molar-refractivity contribution in [1.29, 1.82) is 0 Å². The molecule has 44 heavy (non-hydrogen) atoms. The molecule has 1 aliphatic rings. The minimum absolute atomic E-state index is 0.00784. The number of nitrogens with zero attached hydrogens (tertiary/aromatic N) is 4. The number of rotatable bonds is 7. The number of methoxy groups -OCH3 is 2. The van der Waals surface area contributed by atoms with Crippen molar-refractivity contribution in [3.63, 3.8) is 0 Å². The van der Waals surface area contributed by atoms with Crippen LogP contribution in [0.15, 0.2) is 36.4 Å². The van der Waals surface area contributed by atoms with E-state index in [-0.39, 0.29) is 43.4 Å². The molecule has 0 amide bonds. The summed E-state index contributed by atoms with van der Waals surface area (Å²) in [6.07, 6.45) is 0. The van der Waals surface area contributed by atoms with Gasteiger partial charge in [-0.25, -0.2) is 24.4 Å². The van der Waals surface area contributed by atoms with Gasteiger partial charge in [0.1, 0.15) is 11.4 Å². The summed E-state index contributed by atoms with van der Waals surface area (Å²) in [5.74, 6) is -2.12. The van der Waals surface area contributed by atoms with Crippen LogP contribution in [-0.4, -0.2) is 136 Å².